The van der Waals surface area contributed by atoms with Crippen molar-refractivity contribution in [3.63, 3.8) is 0 Å². The molecule has 1 aromatic carbocycles. The number of carboxylic acids is 1. The third-order valence-corrected chi connectivity index (χ3v) is 3.57. The van der Waals surface area contributed by atoms with Crippen LogP contribution < -0.4 is 10.1 Å². The van der Waals surface area contributed by atoms with Crippen LogP contribution >= 0.6 is 0 Å². The van der Waals surface area contributed by atoms with E-state index in [0.717, 1.165) is 11.3 Å². The summed E-state index contributed by atoms with van der Waals surface area (Å²) in [7, 11) is 1.81. The van der Waals surface area contributed by atoms with E-state index in [1.54, 1.807) is 0 Å². The van der Waals surface area contributed by atoms with Crippen LogP contribution in [-0.2, 0) is 10.3 Å². The van der Waals surface area contributed by atoms with E-state index in [-0.39, 0.29) is 12.3 Å². The van der Waals surface area contributed by atoms with Crippen molar-refractivity contribution in [1.29, 1.82) is 0 Å². The summed E-state index contributed by atoms with van der Waals surface area (Å²) in [6, 6.07) is 7.63. The minimum atomic E-state index is -0.803. The maximum absolute atomic E-state index is 11.1. The lowest BCUT2D eigenvalue weighted by atomic mass is 9.75. The minimum Gasteiger partial charge on any atom is -0.493 e. The number of hydrogen-bond acceptors (Lipinski definition) is 3. The first kappa shape index (κ1) is 11.9. The Labute approximate surface area is 101 Å². The van der Waals surface area contributed by atoms with E-state index >= 15 is 0 Å². The number of fused-ring (bicyclic) bond motifs is 1. The molecule has 0 aliphatic carbocycles. The summed E-state index contributed by atoms with van der Waals surface area (Å²) in [5, 5.41) is 12.3. The Balaban J connectivity index is 2.52. The van der Waals surface area contributed by atoms with Gasteiger partial charge < -0.3 is 15.2 Å². The summed E-state index contributed by atoms with van der Waals surface area (Å²) in [5.74, 6) is 0.0857. The van der Waals surface area contributed by atoms with Gasteiger partial charge in [0.2, 0.25) is 0 Å². The van der Waals surface area contributed by atoms with Gasteiger partial charge in [-0.05, 0) is 13.1 Å². The van der Waals surface area contributed by atoms with Crippen LogP contribution in [0.1, 0.15) is 18.9 Å². The van der Waals surface area contributed by atoms with E-state index in [0.29, 0.717) is 6.61 Å². The second kappa shape index (κ2) is 4.37. The Morgan fingerprint density at radius 1 is 1.59 bits per heavy atom. The van der Waals surface area contributed by atoms with Crippen LogP contribution in [0.5, 0.6) is 5.75 Å². The van der Waals surface area contributed by atoms with Crippen LogP contribution in [0, 0.1) is 5.92 Å². The maximum atomic E-state index is 11.1. The van der Waals surface area contributed by atoms with Gasteiger partial charge in [0.1, 0.15) is 5.75 Å². The Morgan fingerprint density at radius 2 is 2.29 bits per heavy atom. The van der Waals surface area contributed by atoms with Crippen LogP contribution in [0.3, 0.4) is 0 Å². The van der Waals surface area contributed by atoms with E-state index in [1.807, 2.05) is 38.2 Å². The first-order chi connectivity index (χ1) is 8.10. The summed E-state index contributed by atoms with van der Waals surface area (Å²) in [6.07, 6.45) is 0.0606. The largest absolute Gasteiger partial charge is 0.493 e. The fourth-order valence-corrected chi connectivity index (χ4v) is 2.56. The zero-order valence-electron chi connectivity index (χ0n) is 10.1. The molecule has 17 heavy (non-hydrogen) atoms. The molecule has 2 atom stereocenters. The van der Waals surface area contributed by atoms with Crippen LogP contribution in [0.2, 0.25) is 0 Å². The predicted octanol–water partition coefficient (Wildman–Crippen LogP) is 1.60. The van der Waals surface area contributed by atoms with Crippen molar-refractivity contribution in [2.75, 3.05) is 13.7 Å². The first-order valence-electron chi connectivity index (χ1n) is 5.73. The van der Waals surface area contributed by atoms with Gasteiger partial charge in [-0.3, -0.25) is 4.79 Å². The van der Waals surface area contributed by atoms with Crippen LogP contribution in [0.4, 0.5) is 0 Å². The molecule has 4 heteroatoms. The van der Waals surface area contributed by atoms with E-state index < -0.39 is 11.5 Å². The van der Waals surface area contributed by atoms with E-state index in [9.17, 15) is 4.79 Å². The summed E-state index contributed by atoms with van der Waals surface area (Å²) < 4.78 is 5.64. The molecule has 0 saturated carbocycles. The number of ether oxygens (including phenoxy) is 1. The van der Waals surface area contributed by atoms with Crippen molar-refractivity contribution in [2.24, 2.45) is 5.92 Å². The monoisotopic (exact) mass is 235 g/mol. The van der Waals surface area contributed by atoms with Gasteiger partial charge in [-0.15, -0.1) is 0 Å². The van der Waals surface area contributed by atoms with Gasteiger partial charge in [0.25, 0.3) is 0 Å². The molecule has 1 aliphatic heterocycles. The third kappa shape index (κ3) is 1.89. The van der Waals surface area contributed by atoms with Crippen molar-refractivity contribution in [3.05, 3.63) is 29.8 Å². The lowest BCUT2D eigenvalue weighted by molar-refractivity contribution is -0.139. The van der Waals surface area contributed by atoms with Crippen LogP contribution in [-0.4, -0.2) is 24.7 Å². The molecule has 0 amide bonds. The Morgan fingerprint density at radius 3 is 2.94 bits per heavy atom. The number of nitrogens with one attached hydrogen (secondary N) is 1. The van der Waals surface area contributed by atoms with E-state index in [2.05, 4.69) is 5.32 Å². The fraction of sp³-hybridized carbons (Fsp3) is 0.462. The highest BCUT2D eigenvalue weighted by atomic mass is 16.5. The highest BCUT2D eigenvalue weighted by molar-refractivity contribution is 5.69. The highest BCUT2D eigenvalue weighted by Crippen LogP contribution is 2.42. The first-order valence-corrected chi connectivity index (χ1v) is 5.73. The Hall–Kier alpha value is -1.55. The number of para-hydroxylation sites is 1. The van der Waals surface area contributed by atoms with Gasteiger partial charge in [-0.2, -0.15) is 0 Å². The van der Waals surface area contributed by atoms with Crippen molar-refractivity contribution in [2.45, 2.75) is 18.9 Å². The van der Waals surface area contributed by atoms with Gasteiger partial charge in [0.05, 0.1) is 18.6 Å². The van der Waals surface area contributed by atoms with E-state index in [1.165, 1.54) is 0 Å². The van der Waals surface area contributed by atoms with Gasteiger partial charge in [-0.1, -0.05) is 25.1 Å². The molecular weight excluding hydrogens is 218 g/mol. The van der Waals surface area contributed by atoms with E-state index in [4.69, 9.17) is 9.84 Å². The molecule has 1 heterocycles. The zero-order chi connectivity index (χ0) is 12.5. The number of aliphatic carboxylic acids is 1. The number of hydrogen-bond donors (Lipinski definition) is 2. The predicted molar refractivity (Wildman–Crippen MR) is 64.1 cm³/mol. The maximum Gasteiger partial charge on any atom is 0.305 e. The molecule has 2 N–H and O–H groups in total. The molecule has 2 unspecified atom stereocenters. The lowest BCUT2D eigenvalue weighted by Gasteiger charge is -2.42. The highest BCUT2D eigenvalue weighted by Gasteiger charge is 2.43. The minimum absolute atomic E-state index is 0.0606. The summed E-state index contributed by atoms with van der Waals surface area (Å²) in [5.41, 5.74) is 0.393. The van der Waals surface area contributed by atoms with Crippen molar-refractivity contribution < 1.29 is 14.6 Å². The zero-order valence-corrected chi connectivity index (χ0v) is 10.1. The van der Waals surface area contributed by atoms with Gasteiger partial charge >= 0.3 is 5.97 Å². The number of carboxylic acid groups (broad SMARTS) is 1. The molecule has 0 bridgehead atoms. The number of rotatable bonds is 3. The molecule has 0 aromatic heterocycles. The molecule has 1 aliphatic rings. The molecule has 2 rings (SSSR count). The summed E-state index contributed by atoms with van der Waals surface area (Å²) in [4.78, 5) is 11.1. The summed E-state index contributed by atoms with van der Waals surface area (Å²) in [6.45, 7) is 2.54. The smallest absolute Gasteiger partial charge is 0.305 e. The normalized spacial score (nSPS) is 27.1. The van der Waals surface area contributed by atoms with Gasteiger partial charge in [-0.25, -0.2) is 0 Å². The summed E-state index contributed by atoms with van der Waals surface area (Å²) >= 11 is 0. The molecule has 0 fully saturated rings. The second-order valence-electron chi connectivity index (χ2n) is 4.50. The molecule has 92 valence electrons. The number of carbonyl (C=O) groups is 1. The molecule has 0 saturated heterocycles. The van der Waals surface area contributed by atoms with Crippen molar-refractivity contribution in [1.82, 2.24) is 5.32 Å². The number of benzene rings is 1. The lowest BCUT2D eigenvalue weighted by Crippen LogP contribution is -2.51. The topological polar surface area (TPSA) is 58.6 Å². The third-order valence-electron chi connectivity index (χ3n) is 3.57. The standard InChI is InChI=1S/C13H17NO3/c1-9-8-17-11-6-4-3-5-10(11)13(9,14-2)7-12(15)16/h3-6,9,14H,7-8H2,1-2H3,(H,15,16). The SMILES string of the molecule is CNC1(CC(=O)O)c2ccccc2OCC1C. The fourth-order valence-electron chi connectivity index (χ4n) is 2.56. The van der Waals surface area contributed by atoms with Crippen molar-refractivity contribution >= 4 is 5.97 Å². The average Bonchev–Trinajstić information content (AvgIpc) is 2.32. The van der Waals surface area contributed by atoms with Gasteiger partial charge in [0.15, 0.2) is 0 Å². The Bertz CT molecular complexity index is 432. The molecule has 4 nitrogen and oxygen atoms in total. The molecule has 0 radical (unpaired) electrons. The second-order valence-corrected chi connectivity index (χ2v) is 4.50. The molecule has 0 spiro atoms. The van der Waals surface area contributed by atoms with Crippen LogP contribution in [0.25, 0.3) is 0 Å². The quantitative estimate of drug-likeness (QED) is 0.835. The molecular formula is C13H17NO3. The van der Waals surface area contributed by atoms with Crippen molar-refractivity contribution in [3.8, 4) is 5.75 Å². The average molecular weight is 235 g/mol. The molecule has 1 aromatic rings. The Kier molecular flexibility index (Phi) is 3.07. The van der Waals surface area contributed by atoms with Crippen LogP contribution in [0.15, 0.2) is 24.3 Å². The van der Waals surface area contributed by atoms with Gasteiger partial charge in [0, 0.05) is 11.5 Å².